The maximum Gasteiger partial charge on any atom is 0.123 e. The highest BCUT2D eigenvalue weighted by Gasteiger charge is 2.18. The summed E-state index contributed by atoms with van der Waals surface area (Å²) in [5.74, 6) is -0.541. The molecule has 0 aliphatic heterocycles. The Bertz CT molecular complexity index is 571. The van der Waals surface area contributed by atoms with E-state index in [-0.39, 0.29) is 17.7 Å². The number of hydrogen-bond acceptors (Lipinski definition) is 1. The Morgan fingerprint density at radius 3 is 1.81 bits per heavy atom. The van der Waals surface area contributed by atoms with Gasteiger partial charge in [-0.1, -0.05) is 19.1 Å². The molecule has 0 radical (unpaired) electrons. The Morgan fingerprint density at radius 1 is 0.905 bits per heavy atom. The zero-order chi connectivity index (χ0) is 15.4. The molecule has 21 heavy (non-hydrogen) atoms. The molecule has 2 aromatic rings. The van der Waals surface area contributed by atoms with Crippen LogP contribution in [0.3, 0.4) is 0 Å². The average molecular weight is 289 g/mol. The molecule has 0 unspecified atom stereocenters. The Labute approximate surface area is 125 Å². The maximum atomic E-state index is 13.6. The highest BCUT2D eigenvalue weighted by Crippen LogP contribution is 2.28. The smallest absolute Gasteiger partial charge is 0.123 e. The third kappa shape index (κ3) is 3.67. The van der Waals surface area contributed by atoms with Gasteiger partial charge in [-0.05, 0) is 73.3 Å². The van der Waals surface area contributed by atoms with Crippen LogP contribution >= 0.6 is 0 Å². The number of halogens is 2. The van der Waals surface area contributed by atoms with Gasteiger partial charge in [0.05, 0.1) is 6.04 Å². The summed E-state index contributed by atoms with van der Waals surface area (Å²) >= 11 is 0. The molecule has 0 aromatic heterocycles. The van der Waals surface area contributed by atoms with E-state index in [0.29, 0.717) is 0 Å². The quantitative estimate of drug-likeness (QED) is 0.843. The summed E-state index contributed by atoms with van der Waals surface area (Å²) in [5.41, 5.74) is 3.71. The van der Waals surface area contributed by atoms with Gasteiger partial charge in [-0.25, -0.2) is 8.78 Å². The van der Waals surface area contributed by atoms with Gasteiger partial charge in [0.15, 0.2) is 0 Å². The fourth-order valence-electron chi connectivity index (χ4n) is 2.52. The Morgan fingerprint density at radius 2 is 1.38 bits per heavy atom. The molecule has 1 N–H and O–H groups in total. The first-order valence-electron chi connectivity index (χ1n) is 7.28. The van der Waals surface area contributed by atoms with Crippen molar-refractivity contribution < 1.29 is 8.78 Å². The molecule has 0 aliphatic rings. The Kier molecular flexibility index (Phi) is 5.07. The minimum atomic E-state index is -0.270. The molecule has 0 bridgehead atoms. The molecule has 0 atom stereocenters. The van der Waals surface area contributed by atoms with E-state index in [9.17, 15) is 8.78 Å². The van der Waals surface area contributed by atoms with Crippen LogP contribution in [0.2, 0.25) is 0 Å². The molecule has 0 spiro atoms. The highest BCUT2D eigenvalue weighted by atomic mass is 19.1. The van der Waals surface area contributed by atoms with E-state index in [4.69, 9.17) is 0 Å². The number of aryl methyl sites for hydroxylation is 2. The minimum Gasteiger partial charge on any atom is -0.306 e. The molecule has 0 saturated heterocycles. The summed E-state index contributed by atoms with van der Waals surface area (Å²) in [5, 5.41) is 3.40. The van der Waals surface area contributed by atoms with Crippen LogP contribution in [0, 0.1) is 25.5 Å². The fraction of sp³-hybridized carbons (Fsp3) is 0.333. The van der Waals surface area contributed by atoms with Gasteiger partial charge in [0.25, 0.3) is 0 Å². The first-order valence-corrected chi connectivity index (χ1v) is 7.28. The molecule has 0 amide bonds. The maximum absolute atomic E-state index is 13.6. The number of rotatable bonds is 5. The van der Waals surface area contributed by atoms with Crippen LogP contribution in [0.5, 0.6) is 0 Å². The van der Waals surface area contributed by atoms with E-state index in [1.807, 2.05) is 13.8 Å². The van der Waals surface area contributed by atoms with Gasteiger partial charge in [0.1, 0.15) is 11.6 Å². The molecule has 2 rings (SSSR count). The van der Waals surface area contributed by atoms with Crippen molar-refractivity contribution in [1.29, 1.82) is 0 Å². The van der Waals surface area contributed by atoms with Gasteiger partial charge >= 0.3 is 0 Å². The molecule has 3 heteroatoms. The Hall–Kier alpha value is -1.74. The molecular weight excluding hydrogens is 268 g/mol. The molecule has 0 aliphatic carbocycles. The molecule has 1 nitrogen and oxygen atoms in total. The molecular formula is C18H21F2N. The van der Waals surface area contributed by atoms with E-state index in [0.717, 1.165) is 35.2 Å². The van der Waals surface area contributed by atoms with Crippen LogP contribution in [0.25, 0.3) is 0 Å². The third-order valence-corrected chi connectivity index (χ3v) is 3.70. The first-order chi connectivity index (χ1) is 10.0. The van der Waals surface area contributed by atoms with Gasteiger partial charge in [0.2, 0.25) is 0 Å². The van der Waals surface area contributed by atoms with E-state index in [2.05, 4.69) is 12.2 Å². The van der Waals surface area contributed by atoms with Crippen LogP contribution < -0.4 is 5.32 Å². The predicted octanol–water partition coefficient (Wildman–Crippen LogP) is 4.67. The zero-order valence-electron chi connectivity index (χ0n) is 12.7. The normalized spacial score (nSPS) is 11.1. The lowest BCUT2D eigenvalue weighted by Crippen LogP contribution is -2.25. The summed E-state index contributed by atoms with van der Waals surface area (Å²) in [4.78, 5) is 0. The summed E-state index contributed by atoms with van der Waals surface area (Å²) in [6, 6.07) is 9.30. The van der Waals surface area contributed by atoms with Crippen LogP contribution in [0.4, 0.5) is 8.78 Å². The van der Waals surface area contributed by atoms with E-state index in [1.54, 1.807) is 12.1 Å². The number of nitrogens with one attached hydrogen (secondary N) is 1. The SMILES string of the molecule is CCCNC(c1cc(F)ccc1C)c1cc(F)ccc1C. The average Bonchev–Trinajstić information content (AvgIpc) is 2.46. The molecule has 0 fully saturated rings. The van der Waals surface area contributed by atoms with Crippen molar-refractivity contribution in [2.75, 3.05) is 6.54 Å². The van der Waals surface area contributed by atoms with Crippen molar-refractivity contribution >= 4 is 0 Å². The molecule has 0 heterocycles. The lowest BCUT2D eigenvalue weighted by molar-refractivity contribution is 0.573. The largest absolute Gasteiger partial charge is 0.306 e. The Balaban J connectivity index is 2.52. The third-order valence-electron chi connectivity index (χ3n) is 3.70. The van der Waals surface area contributed by atoms with Crippen molar-refractivity contribution in [3.63, 3.8) is 0 Å². The van der Waals surface area contributed by atoms with Crippen molar-refractivity contribution in [3.8, 4) is 0 Å². The van der Waals surface area contributed by atoms with Gasteiger partial charge in [-0.2, -0.15) is 0 Å². The summed E-state index contributed by atoms with van der Waals surface area (Å²) in [6.07, 6.45) is 0.958. The summed E-state index contributed by atoms with van der Waals surface area (Å²) in [6.45, 7) is 6.76. The van der Waals surface area contributed by atoms with Crippen molar-refractivity contribution in [2.24, 2.45) is 0 Å². The number of hydrogen-bond donors (Lipinski definition) is 1. The highest BCUT2D eigenvalue weighted by molar-refractivity contribution is 5.40. The van der Waals surface area contributed by atoms with Crippen LogP contribution in [0.1, 0.15) is 41.6 Å². The zero-order valence-corrected chi connectivity index (χ0v) is 12.7. The van der Waals surface area contributed by atoms with E-state index in [1.165, 1.54) is 24.3 Å². The van der Waals surface area contributed by atoms with E-state index >= 15 is 0 Å². The lowest BCUT2D eigenvalue weighted by atomic mass is 9.92. The molecule has 112 valence electrons. The monoisotopic (exact) mass is 289 g/mol. The second-order valence-corrected chi connectivity index (χ2v) is 5.39. The summed E-state index contributed by atoms with van der Waals surface area (Å²) in [7, 11) is 0. The van der Waals surface area contributed by atoms with Gasteiger partial charge in [0, 0.05) is 0 Å². The molecule has 0 saturated carbocycles. The van der Waals surface area contributed by atoms with Crippen LogP contribution in [-0.4, -0.2) is 6.54 Å². The predicted molar refractivity (Wildman–Crippen MR) is 82.4 cm³/mol. The second kappa shape index (κ2) is 6.81. The second-order valence-electron chi connectivity index (χ2n) is 5.39. The van der Waals surface area contributed by atoms with Crippen molar-refractivity contribution in [2.45, 2.75) is 33.2 Å². The fourth-order valence-corrected chi connectivity index (χ4v) is 2.52. The topological polar surface area (TPSA) is 12.0 Å². The van der Waals surface area contributed by atoms with Crippen LogP contribution in [-0.2, 0) is 0 Å². The van der Waals surface area contributed by atoms with Crippen molar-refractivity contribution in [1.82, 2.24) is 5.32 Å². The van der Waals surface area contributed by atoms with E-state index < -0.39 is 0 Å². The van der Waals surface area contributed by atoms with Gasteiger partial charge in [-0.15, -0.1) is 0 Å². The van der Waals surface area contributed by atoms with Gasteiger partial charge < -0.3 is 5.32 Å². The summed E-state index contributed by atoms with van der Waals surface area (Å²) < 4.78 is 27.2. The lowest BCUT2D eigenvalue weighted by Gasteiger charge is -2.23. The first kappa shape index (κ1) is 15.6. The molecule has 2 aromatic carbocycles. The standard InChI is InChI=1S/C18H21F2N/c1-4-9-21-18(16-10-14(19)7-5-12(16)2)17-11-15(20)8-6-13(17)3/h5-8,10-11,18,21H,4,9H2,1-3H3. The minimum absolute atomic E-state index is 0.198. The number of benzene rings is 2. The van der Waals surface area contributed by atoms with Crippen LogP contribution in [0.15, 0.2) is 36.4 Å². The van der Waals surface area contributed by atoms with Gasteiger partial charge in [-0.3, -0.25) is 0 Å². The van der Waals surface area contributed by atoms with Crippen molar-refractivity contribution in [3.05, 3.63) is 70.3 Å².